The van der Waals surface area contributed by atoms with E-state index in [2.05, 4.69) is 20.6 Å². The number of carbonyl (C=O) groups is 2. The Kier molecular flexibility index (Phi) is 6.89. The van der Waals surface area contributed by atoms with Crippen LogP contribution in [0.5, 0.6) is 0 Å². The Bertz CT molecular complexity index is 1270. The summed E-state index contributed by atoms with van der Waals surface area (Å²) in [6, 6.07) is 6.66. The molecular formula is C27H34N6O3S. The van der Waals surface area contributed by atoms with Gasteiger partial charge in [0.2, 0.25) is 11.8 Å². The van der Waals surface area contributed by atoms with Crippen molar-refractivity contribution in [2.45, 2.75) is 77.6 Å². The molecule has 2 amide bonds. The number of nitrogens with one attached hydrogen (secondary N) is 1. The molecular weight excluding hydrogens is 488 g/mol. The molecule has 196 valence electrons. The zero-order valence-corrected chi connectivity index (χ0v) is 22.5. The molecule has 10 heteroatoms. The second-order valence-electron chi connectivity index (χ2n) is 11.2. The molecule has 37 heavy (non-hydrogen) atoms. The lowest BCUT2D eigenvalue weighted by Gasteiger charge is -2.34. The van der Waals surface area contributed by atoms with Crippen LogP contribution in [0.3, 0.4) is 0 Å². The molecule has 3 atom stereocenters. The predicted molar refractivity (Wildman–Crippen MR) is 141 cm³/mol. The van der Waals surface area contributed by atoms with E-state index in [4.69, 9.17) is 0 Å². The number of rotatable bonds is 7. The van der Waals surface area contributed by atoms with Gasteiger partial charge in [-0.1, -0.05) is 50.3 Å². The molecule has 9 nitrogen and oxygen atoms in total. The number of benzene rings is 1. The van der Waals surface area contributed by atoms with Gasteiger partial charge in [0.1, 0.15) is 12.1 Å². The van der Waals surface area contributed by atoms with Gasteiger partial charge in [0.05, 0.1) is 27.9 Å². The lowest BCUT2D eigenvalue weighted by atomic mass is 9.85. The maximum absolute atomic E-state index is 13.8. The number of carbonyl (C=O) groups excluding carboxylic acids is 2. The first-order valence-corrected chi connectivity index (χ1v) is 13.7. The number of aliphatic hydroxyl groups excluding tert-OH is 1. The molecule has 2 aromatic heterocycles. The summed E-state index contributed by atoms with van der Waals surface area (Å²) in [4.78, 5) is 34.0. The molecule has 2 fully saturated rings. The molecule has 3 aromatic rings. The Morgan fingerprint density at radius 1 is 1.22 bits per heavy atom. The van der Waals surface area contributed by atoms with Crippen LogP contribution in [0.15, 0.2) is 36.0 Å². The van der Waals surface area contributed by atoms with E-state index >= 15 is 0 Å². The third-order valence-corrected chi connectivity index (χ3v) is 8.11. The molecule has 0 radical (unpaired) electrons. The summed E-state index contributed by atoms with van der Waals surface area (Å²) in [6.07, 6.45) is 3.52. The minimum absolute atomic E-state index is 0.122. The van der Waals surface area contributed by atoms with E-state index in [0.717, 1.165) is 40.2 Å². The van der Waals surface area contributed by atoms with Crippen molar-refractivity contribution in [1.29, 1.82) is 0 Å². The molecule has 1 saturated heterocycles. The largest absolute Gasteiger partial charge is 0.391 e. The van der Waals surface area contributed by atoms with Crippen molar-refractivity contribution < 1.29 is 14.7 Å². The van der Waals surface area contributed by atoms with Crippen molar-refractivity contribution in [1.82, 2.24) is 30.2 Å². The van der Waals surface area contributed by atoms with Crippen molar-refractivity contribution in [3.05, 3.63) is 52.9 Å². The van der Waals surface area contributed by atoms with Gasteiger partial charge in [-0.2, -0.15) is 0 Å². The monoisotopic (exact) mass is 522 g/mol. The molecule has 0 unspecified atom stereocenters. The van der Waals surface area contributed by atoms with Gasteiger partial charge < -0.3 is 15.3 Å². The Labute approximate surface area is 220 Å². The number of hydrogen-bond acceptors (Lipinski definition) is 7. The number of likely N-dealkylation sites (tertiary alicyclic amines) is 1. The Balaban J connectivity index is 1.28. The van der Waals surface area contributed by atoms with E-state index in [1.54, 1.807) is 16.0 Å². The molecule has 0 bridgehead atoms. The number of thiazole rings is 1. The summed E-state index contributed by atoms with van der Waals surface area (Å²) in [5, 5.41) is 22.0. The van der Waals surface area contributed by atoms with E-state index in [0.29, 0.717) is 12.5 Å². The van der Waals surface area contributed by atoms with Gasteiger partial charge in [-0.25, -0.2) is 9.67 Å². The van der Waals surface area contributed by atoms with E-state index in [9.17, 15) is 14.7 Å². The summed E-state index contributed by atoms with van der Waals surface area (Å²) in [7, 11) is 0. The van der Waals surface area contributed by atoms with Crippen LogP contribution in [0.4, 0.5) is 0 Å². The fourth-order valence-corrected chi connectivity index (χ4v) is 5.80. The molecule has 2 N–H and O–H groups in total. The molecule has 1 aromatic carbocycles. The first-order chi connectivity index (χ1) is 17.6. The number of aliphatic hydroxyl groups is 1. The number of amides is 2. The van der Waals surface area contributed by atoms with Crippen LogP contribution in [0.25, 0.3) is 10.4 Å². The average Bonchev–Trinajstić information content (AvgIpc) is 3.22. The van der Waals surface area contributed by atoms with Crippen LogP contribution in [-0.2, 0) is 16.1 Å². The fraction of sp³-hybridized carbons (Fsp3) is 0.519. The maximum Gasteiger partial charge on any atom is 0.248 e. The normalized spacial score (nSPS) is 20.7. The van der Waals surface area contributed by atoms with Gasteiger partial charge >= 0.3 is 0 Å². The molecule has 3 heterocycles. The standard InChI is InChI=1S/C27H34N6O3S/c1-16-23(37-15-29-16)19-7-5-17(6-8-19)12-28-25(35)22-11-20(34)13-32(22)26(36)24(27(2,3)4)33-14-21(30-31-33)18-9-10-18/h5-8,14-15,18,20,22,24,34H,9-13H2,1-4H3,(H,28,35)/t20-,22+,24-/m1/s1. The highest BCUT2D eigenvalue weighted by Crippen LogP contribution is 2.40. The second-order valence-corrected chi connectivity index (χ2v) is 12.1. The Morgan fingerprint density at radius 2 is 1.95 bits per heavy atom. The zero-order chi connectivity index (χ0) is 26.3. The molecule has 5 rings (SSSR count). The highest BCUT2D eigenvalue weighted by molar-refractivity contribution is 7.13. The lowest BCUT2D eigenvalue weighted by Crippen LogP contribution is -2.50. The van der Waals surface area contributed by atoms with E-state index in [1.807, 2.05) is 63.7 Å². The summed E-state index contributed by atoms with van der Waals surface area (Å²) in [5.74, 6) is -0.0606. The molecule has 2 aliphatic rings. The van der Waals surface area contributed by atoms with Gasteiger partial charge in [0.15, 0.2) is 0 Å². The Morgan fingerprint density at radius 3 is 2.57 bits per heavy atom. The molecule has 1 aliphatic heterocycles. The van der Waals surface area contributed by atoms with Gasteiger partial charge in [-0.05, 0) is 36.3 Å². The first-order valence-electron chi connectivity index (χ1n) is 12.8. The third-order valence-electron chi connectivity index (χ3n) is 7.14. The molecule has 1 aliphatic carbocycles. The third kappa shape index (κ3) is 5.45. The van der Waals surface area contributed by atoms with Crippen LogP contribution < -0.4 is 5.32 Å². The highest BCUT2D eigenvalue weighted by Gasteiger charge is 2.45. The summed E-state index contributed by atoms with van der Waals surface area (Å²) in [6.45, 7) is 8.39. The van der Waals surface area contributed by atoms with Gasteiger partial charge in [-0.15, -0.1) is 16.4 Å². The number of aryl methyl sites for hydroxylation is 1. The van der Waals surface area contributed by atoms with Crippen molar-refractivity contribution in [2.75, 3.05) is 6.54 Å². The first kappa shape index (κ1) is 25.5. The van der Waals surface area contributed by atoms with Crippen molar-refractivity contribution in [3.63, 3.8) is 0 Å². The second kappa shape index (κ2) is 9.98. The van der Waals surface area contributed by atoms with Crippen molar-refractivity contribution in [2.24, 2.45) is 5.41 Å². The van der Waals surface area contributed by atoms with Crippen LogP contribution in [-0.4, -0.2) is 60.5 Å². The van der Waals surface area contributed by atoms with Gasteiger partial charge in [0, 0.05) is 31.6 Å². The summed E-state index contributed by atoms with van der Waals surface area (Å²) in [5.41, 5.74) is 5.34. The number of hydrogen-bond donors (Lipinski definition) is 2. The number of β-amino-alcohol motifs (C(OH)–C–C–N with tert-alkyl or cyclic N) is 1. The smallest absolute Gasteiger partial charge is 0.248 e. The number of nitrogens with zero attached hydrogens (tertiary/aromatic N) is 5. The fourth-order valence-electron chi connectivity index (χ4n) is 4.99. The van der Waals surface area contributed by atoms with Gasteiger partial charge in [-0.3, -0.25) is 9.59 Å². The lowest BCUT2D eigenvalue weighted by molar-refractivity contribution is -0.144. The zero-order valence-electron chi connectivity index (χ0n) is 21.7. The molecule has 1 saturated carbocycles. The van der Waals surface area contributed by atoms with Crippen LogP contribution in [0.2, 0.25) is 0 Å². The van der Waals surface area contributed by atoms with Crippen LogP contribution in [0, 0.1) is 12.3 Å². The maximum atomic E-state index is 13.8. The SMILES string of the molecule is Cc1ncsc1-c1ccc(CNC(=O)[C@@H]2C[C@@H](O)CN2C(=O)[C@@H](n2cc(C3CC3)nn2)C(C)(C)C)cc1. The van der Waals surface area contributed by atoms with Gasteiger partial charge in [0.25, 0.3) is 0 Å². The topological polar surface area (TPSA) is 113 Å². The van der Waals surface area contributed by atoms with Crippen molar-refractivity contribution in [3.8, 4) is 10.4 Å². The highest BCUT2D eigenvalue weighted by atomic mass is 32.1. The van der Waals surface area contributed by atoms with E-state index < -0.39 is 23.6 Å². The summed E-state index contributed by atoms with van der Waals surface area (Å²) >= 11 is 1.60. The number of aromatic nitrogens is 4. The quantitative estimate of drug-likeness (QED) is 0.491. The van der Waals surface area contributed by atoms with Crippen molar-refractivity contribution >= 4 is 23.2 Å². The summed E-state index contributed by atoms with van der Waals surface area (Å²) < 4.78 is 1.64. The van der Waals surface area contributed by atoms with Crippen LogP contribution in [0.1, 0.15) is 68.9 Å². The molecule has 0 spiro atoms. The van der Waals surface area contributed by atoms with E-state index in [-0.39, 0.29) is 24.8 Å². The van der Waals surface area contributed by atoms with Crippen LogP contribution >= 0.6 is 11.3 Å². The minimum atomic E-state index is -0.750. The minimum Gasteiger partial charge on any atom is -0.391 e. The average molecular weight is 523 g/mol. The van der Waals surface area contributed by atoms with E-state index in [1.165, 1.54) is 4.90 Å². The Hall–Kier alpha value is -3.11. The predicted octanol–water partition coefficient (Wildman–Crippen LogP) is 3.45.